The average Bonchev–Trinajstić information content (AvgIpc) is 2.57. The van der Waals surface area contributed by atoms with Crippen LogP contribution in [0.2, 0.25) is 0 Å². The number of aryl methyl sites for hydroxylation is 1. The van der Waals surface area contributed by atoms with Gasteiger partial charge in [-0.15, -0.1) is 6.42 Å². The molecule has 1 unspecified atom stereocenters. The van der Waals surface area contributed by atoms with Gasteiger partial charge in [-0.3, -0.25) is 9.69 Å². The number of ether oxygens (including phenoxy) is 1. The van der Waals surface area contributed by atoms with Crippen molar-refractivity contribution in [3.63, 3.8) is 0 Å². The highest BCUT2D eigenvalue weighted by atomic mass is 16.5. The number of amides is 1. The lowest BCUT2D eigenvalue weighted by atomic mass is 10.0. The second-order valence-corrected chi connectivity index (χ2v) is 6.11. The first-order valence-corrected chi connectivity index (χ1v) is 8.24. The Morgan fingerprint density at radius 1 is 1.39 bits per heavy atom. The summed E-state index contributed by atoms with van der Waals surface area (Å²) >= 11 is 0. The van der Waals surface area contributed by atoms with E-state index in [4.69, 9.17) is 11.2 Å². The van der Waals surface area contributed by atoms with Crippen molar-refractivity contribution in [1.82, 2.24) is 9.80 Å². The fourth-order valence-electron chi connectivity index (χ4n) is 2.88. The number of carbonyl (C=O) groups excluding carboxylic acids is 1. The first-order valence-electron chi connectivity index (χ1n) is 8.24. The molecule has 4 heteroatoms. The molecule has 124 valence electrons. The van der Waals surface area contributed by atoms with Crippen molar-refractivity contribution >= 4 is 5.91 Å². The molecule has 23 heavy (non-hydrogen) atoms. The number of carbonyl (C=O) groups is 1. The third kappa shape index (κ3) is 5.01. The molecular weight excluding hydrogens is 288 g/mol. The van der Waals surface area contributed by atoms with Crippen molar-refractivity contribution in [2.24, 2.45) is 0 Å². The smallest absolute Gasteiger partial charge is 0.239 e. The molecule has 1 atom stereocenters. The summed E-state index contributed by atoms with van der Waals surface area (Å²) in [5.74, 6) is 3.64. The first kappa shape index (κ1) is 17.4. The van der Waals surface area contributed by atoms with Crippen LogP contribution in [0.4, 0.5) is 0 Å². The Hall–Kier alpha value is -1.99. The van der Waals surface area contributed by atoms with Crippen LogP contribution in [-0.4, -0.2) is 55.0 Å². The van der Waals surface area contributed by atoms with E-state index in [-0.39, 0.29) is 11.9 Å². The minimum absolute atomic E-state index is 0.0795. The molecule has 0 N–H and O–H groups in total. The maximum Gasteiger partial charge on any atom is 0.239 e. The quantitative estimate of drug-likeness (QED) is 0.756. The number of hydrogen-bond acceptors (Lipinski definition) is 3. The molecule has 0 saturated carbocycles. The number of nitrogens with zero attached hydrogens (tertiary/aromatic N) is 2. The van der Waals surface area contributed by atoms with Crippen LogP contribution in [-0.2, 0) is 4.79 Å². The summed E-state index contributed by atoms with van der Waals surface area (Å²) in [4.78, 5) is 16.5. The molecule has 1 fully saturated rings. The van der Waals surface area contributed by atoms with Crippen LogP contribution in [0.15, 0.2) is 24.3 Å². The molecule has 0 aliphatic carbocycles. The summed E-state index contributed by atoms with van der Waals surface area (Å²) in [7, 11) is 1.84. The highest BCUT2D eigenvalue weighted by molar-refractivity contribution is 5.81. The van der Waals surface area contributed by atoms with Crippen LogP contribution in [0.3, 0.4) is 0 Å². The minimum Gasteiger partial charge on any atom is -0.492 e. The Labute approximate surface area is 139 Å². The fraction of sp³-hybridized carbons (Fsp3) is 0.526. The Bertz CT molecular complexity index is 547. The summed E-state index contributed by atoms with van der Waals surface area (Å²) in [6, 6.07) is 7.86. The number of piperidine rings is 1. The molecule has 1 amide bonds. The number of likely N-dealkylation sites (N-methyl/N-ethyl adjacent to an activating group) is 1. The van der Waals surface area contributed by atoms with Gasteiger partial charge in [0.1, 0.15) is 12.4 Å². The maximum absolute atomic E-state index is 12.6. The third-order valence-electron chi connectivity index (χ3n) is 4.29. The molecule has 2 rings (SSSR count). The Kier molecular flexibility index (Phi) is 6.49. The molecule has 1 saturated heterocycles. The van der Waals surface area contributed by atoms with Crippen molar-refractivity contribution in [1.29, 1.82) is 0 Å². The molecule has 1 heterocycles. The molecular formula is C19H26N2O2. The van der Waals surface area contributed by atoms with Crippen molar-refractivity contribution in [3.05, 3.63) is 29.8 Å². The molecule has 0 aromatic heterocycles. The highest BCUT2D eigenvalue weighted by Crippen LogP contribution is 2.18. The van der Waals surface area contributed by atoms with Gasteiger partial charge < -0.3 is 9.64 Å². The van der Waals surface area contributed by atoms with Gasteiger partial charge in [-0.2, -0.15) is 0 Å². The Balaban J connectivity index is 1.81. The van der Waals surface area contributed by atoms with Crippen molar-refractivity contribution < 1.29 is 9.53 Å². The van der Waals surface area contributed by atoms with E-state index in [2.05, 4.69) is 10.8 Å². The van der Waals surface area contributed by atoms with Gasteiger partial charge in [-0.25, -0.2) is 0 Å². The van der Waals surface area contributed by atoms with Crippen LogP contribution < -0.4 is 4.74 Å². The SMILES string of the molecule is C#CCN1CCCCC1C(=O)N(C)CCOc1ccc(C)cc1. The normalized spacial score (nSPS) is 18.2. The zero-order chi connectivity index (χ0) is 16.7. The monoisotopic (exact) mass is 314 g/mol. The minimum atomic E-state index is -0.0795. The second kappa shape index (κ2) is 8.59. The van der Waals surface area contributed by atoms with Gasteiger partial charge in [0, 0.05) is 7.05 Å². The summed E-state index contributed by atoms with van der Waals surface area (Å²) in [6.07, 6.45) is 8.51. The van der Waals surface area contributed by atoms with Gasteiger partial charge >= 0.3 is 0 Å². The van der Waals surface area contributed by atoms with Crippen LogP contribution in [0.25, 0.3) is 0 Å². The van der Waals surface area contributed by atoms with Crippen LogP contribution >= 0.6 is 0 Å². The molecule has 4 nitrogen and oxygen atoms in total. The number of rotatable bonds is 6. The van der Waals surface area contributed by atoms with E-state index in [0.29, 0.717) is 19.7 Å². The van der Waals surface area contributed by atoms with E-state index in [1.165, 1.54) is 5.56 Å². The Morgan fingerprint density at radius 3 is 2.83 bits per heavy atom. The van der Waals surface area contributed by atoms with Crippen LogP contribution in [0.5, 0.6) is 5.75 Å². The van der Waals surface area contributed by atoms with Crippen molar-refractivity contribution in [2.75, 3.05) is 33.3 Å². The zero-order valence-electron chi connectivity index (χ0n) is 14.1. The predicted molar refractivity (Wildman–Crippen MR) is 92.4 cm³/mol. The lowest BCUT2D eigenvalue weighted by Gasteiger charge is -2.35. The summed E-state index contributed by atoms with van der Waals surface area (Å²) in [5, 5.41) is 0. The number of terminal acetylenes is 1. The zero-order valence-corrected chi connectivity index (χ0v) is 14.1. The Morgan fingerprint density at radius 2 is 2.13 bits per heavy atom. The molecule has 1 aromatic rings. The summed E-state index contributed by atoms with van der Waals surface area (Å²) < 4.78 is 5.70. The standard InChI is InChI=1S/C19H26N2O2/c1-4-12-21-13-6-5-7-18(21)19(22)20(3)14-15-23-17-10-8-16(2)9-11-17/h1,8-11,18H,5-7,12-15H2,2-3H3. The molecule has 1 aliphatic heterocycles. The summed E-state index contributed by atoms with van der Waals surface area (Å²) in [5.41, 5.74) is 1.20. The van der Waals surface area contributed by atoms with Gasteiger partial charge in [-0.05, 0) is 38.4 Å². The van der Waals surface area contributed by atoms with Crippen molar-refractivity contribution in [2.45, 2.75) is 32.2 Å². The van der Waals surface area contributed by atoms with Gasteiger partial charge in [0.05, 0.1) is 19.1 Å². The van der Waals surface area contributed by atoms with E-state index in [0.717, 1.165) is 31.6 Å². The van der Waals surface area contributed by atoms with Gasteiger partial charge in [0.25, 0.3) is 0 Å². The van der Waals surface area contributed by atoms with Gasteiger partial charge in [0.2, 0.25) is 5.91 Å². The van der Waals surface area contributed by atoms with Crippen LogP contribution in [0.1, 0.15) is 24.8 Å². The lowest BCUT2D eigenvalue weighted by molar-refractivity contribution is -0.137. The molecule has 0 bridgehead atoms. The fourth-order valence-corrected chi connectivity index (χ4v) is 2.88. The van der Waals surface area contributed by atoms with E-state index < -0.39 is 0 Å². The van der Waals surface area contributed by atoms with Gasteiger partial charge in [0.15, 0.2) is 0 Å². The van der Waals surface area contributed by atoms with Gasteiger partial charge in [-0.1, -0.05) is 30.0 Å². The molecule has 1 aliphatic rings. The molecule has 1 aromatic carbocycles. The first-order chi connectivity index (χ1) is 11.1. The third-order valence-corrected chi connectivity index (χ3v) is 4.29. The topological polar surface area (TPSA) is 32.8 Å². The average molecular weight is 314 g/mol. The van der Waals surface area contributed by atoms with Crippen LogP contribution in [0, 0.1) is 19.3 Å². The summed E-state index contributed by atoms with van der Waals surface area (Å²) in [6.45, 7) is 4.57. The maximum atomic E-state index is 12.6. The van der Waals surface area contributed by atoms with E-state index in [9.17, 15) is 4.79 Å². The van der Waals surface area contributed by atoms with E-state index in [1.807, 2.05) is 38.2 Å². The second-order valence-electron chi connectivity index (χ2n) is 6.11. The molecule has 0 spiro atoms. The largest absolute Gasteiger partial charge is 0.492 e. The van der Waals surface area contributed by atoms with Crippen molar-refractivity contribution in [3.8, 4) is 18.1 Å². The van der Waals surface area contributed by atoms with E-state index >= 15 is 0 Å². The lowest BCUT2D eigenvalue weighted by Crippen LogP contribution is -2.50. The highest BCUT2D eigenvalue weighted by Gasteiger charge is 2.29. The number of hydrogen-bond donors (Lipinski definition) is 0. The molecule has 0 radical (unpaired) electrons. The predicted octanol–water partition coefficient (Wildman–Crippen LogP) is 2.32. The van der Waals surface area contributed by atoms with E-state index in [1.54, 1.807) is 4.90 Å². The number of benzene rings is 1. The number of likely N-dealkylation sites (tertiary alicyclic amines) is 1.